The molecule has 0 aliphatic heterocycles. The van der Waals surface area contributed by atoms with Gasteiger partial charge < -0.3 is 9.73 Å². The highest BCUT2D eigenvalue weighted by molar-refractivity contribution is 7.89. The molecule has 0 radical (unpaired) electrons. The third-order valence-corrected chi connectivity index (χ3v) is 4.71. The van der Waals surface area contributed by atoms with Crippen molar-refractivity contribution in [1.29, 1.82) is 0 Å². The molecular formula is C14H15FN2O4S. The van der Waals surface area contributed by atoms with Crippen molar-refractivity contribution in [3.8, 4) is 0 Å². The van der Waals surface area contributed by atoms with Crippen LogP contribution in [0.15, 0.2) is 52.0 Å². The van der Waals surface area contributed by atoms with Gasteiger partial charge in [-0.15, -0.1) is 0 Å². The smallest absolute Gasteiger partial charge is 0.243 e. The van der Waals surface area contributed by atoms with E-state index in [4.69, 9.17) is 4.42 Å². The van der Waals surface area contributed by atoms with Crippen molar-refractivity contribution in [1.82, 2.24) is 9.62 Å². The summed E-state index contributed by atoms with van der Waals surface area (Å²) in [6.07, 6.45) is 1.47. The molecule has 0 saturated heterocycles. The van der Waals surface area contributed by atoms with Crippen LogP contribution in [-0.2, 0) is 21.4 Å². The lowest BCUT2D eigenvalue weighted by atomic mass is 10.4. The summed E-state index contributed by atoms with van der Waals surface area (Å²) in [6.45, 7) is -0.209. The number of nitrogens with zero attached hydrogens (tertiary/aromatic N) is 1. The van der Waals surface area contributed by atoms with Crippen LogP contribution in [0.25, 0.3) is 0 Å². The molecule has 0 atom stereocenters. The van der Waals surface area contributed by atoms with E-state index >= 15 is 0 Å². The lowest BCUT2D eigenvalue weighted by Crippen LogP contribution is -2.38. The summed E-state index contributed by atoms with van der Waals surface area (Å²) in [6, 6.07) is 8.00. The first-order valence-electron chi connectivity index (χ1n) is 6.40. The van der Waals surface area contributed by atoms with Crippen molar-refractivity contribution in [2.75, 3.05) is 13.6 Å². The monoisotopic (exact) mass is 326 g/mol. The molecule has 0 unspecified atom stereocenters. The van der Waals surface area contributed by atoms with E-state index in [2.05, 4.69) is 5.32 Å². The van der Waals surface area contributed by atoms with Gasteiger partial charge >= 0.3 is 0 Å². The maximum absolute atomic E-state index is 13.1. The molecule has 1 N–H and O–H groups in total. The van der Waals surface area contributed by atoms with Crippen LogP contribution in [0.5, 0.6) is 0 Å². The normalized spacial score (nSPS) is 11.6. The molecule has 0 aliphatic rings. The Balaban J connectivity index is 1.98. The van der Waals surface area contributed by atoms with Gasteiger partial charge in [-0.05, 0) is 30.3 Å². The molecule has 22 heavy (non-hydrogen) atoms. The first-order chi connectivity index (χ1) is 10.4. The molecular weight excluding hydrogens is 311 g/mol. The zero-order valence-corrected chi connectivity index (χ0v) is 12.6. The molecule has 6 nitrogen and oxygen atoms in total. The number of sulfonamides is 1. The number of carbonyl (C=O) groups excluding carboxylic acids is 1. The average Bonchev–Trinajstić information content (AvgIpc) is 2.98. The fraction of sp³-hybridized carbons (Fsp3) is 0.214. The van der Waals surface area contributed by atoms with Gasteiger partial charge in [0.25, 0.3) is 0 Å². The Morgan fingerprint density at radius 1 is 1.32 bits per heavy atom. The van der Waals surface area contributed by atoms with Gasteiger partial charge in [0.15, 0.2) is 0 Å². The van der Waals surface area contributed by atoms with Crippen LogP contribution in [0.4, 0.5) is 4.39 Å². The summed E-state index contributed by atoms with van der Waals surface area (Å²) < 4.78 is 43.5. The molecule has 1 aromatic carbocycles. The molecule has 0 spiro atoms. The predicted molar refractivity (Wildman–Crippen MR) is 76.8 cm³/mol. The van der Waals surface area contributed by atoms with Crippen molar-refractivity contribution in [3.05, 3.63) is 54.2 Å². The highest BCUT2D eigenvalue weighted by Crippen LogP contribution is 2.15. The third-order valence-electron chi connectivity index (χ3n) is 2.91. The molecule has 118 valence electrons. The zero-order chi connectivity index (χ0) is 16.2. The maximum atomic E-state index is 13.1. The van der Waals surface area contributed by atoms with Gasteiger partial charge in [-0.3, -0.25) is 4.79 Å². The first-order valence-corrected chi connectivity index (χ1v) is 7.84. The van der Waals surface area contributed by atoms with Gasteiger partial charge in [0.05, 0.1) is 24.2 Å². The second-order valence-electron chi connectivity index (χ2n) is 4.57. The van der Waals surface area contributed by atoms with E-state index in [1.54, 1.807) is 12.1 Å². The van der Waals surface area contributed by atoms with Gasteiger partial charge in [-0.25, -0.2) is 12.8 Å². The van der Waals surface area contributed by atoms with E-state index in [-0.39, 0.29) is 18.0 Å². The largest absolute Gasteiger partial charge is 0.467 e. The minimum atomic E-state index is -3.92. The lowest BCUT2D eigenvalue weighted by Gasteiger charge is -2.16. The average molecular weight is 326 g/mol. The van der Waals surface area contributed by atoms with Gasteiger partial charge in [-0.2, -0.15) is 4.31 Å². The standard InChI is InChI=1S/C14H15FN2O4S/c1-17(10-14(18)16-9-12-5-3-7-21-12)22(19,20)13-6-2-4-11(15)8-13/h2-8H,9-10H2,1H3,(H,16,18). The molecule has 0 saturated carbocycles. The Kier molecular flexibility index (Phi) is 4.94. The van der Waals surface area contributed by atoms with E-state index < -0.39 is 21.7 Å². The van der Waals surface area contributed by atoms with Crippen LogP contribution in [0, 0.1) is 5.82 Å². The fourth-order valence-corrected chi connectivity index (χ4v) is 2.91. The van der Waals surface area contributed by atoms with Crippen molar-refractivity contribution >= 4 is 15.9 Å². The van der Waals surface area contributed by atoms with Crippen LogP contribution in [0.3, 0.4) is 0 Å². The van der Waals surface area contributed by atoms with Gasteiger partial charge in [0.1, 0.15) is 11.6 Å². The van der Waals surface area contributed by atoms with Crippen LogP contribution in [-0.4, -0.2) is 32.2 Å². The summed E-state index contributed by atoms with van der Waals surface area (Å²) in [5.41, 5.74) is 0. The number of hydrogen-bond acceptors (Lipinski definition) is 4. The molecule has 0 bridgehead atoms. The maximum Gasteiger partial charge on any atom is 0.243 e. The molecule has 1 amide bonds. The number of halogens is 1. The number of benzene rings is 1. The number of likely N-dealkylation sites (N-methyl/N-ethyl adjacent to an activating group) is 1. The van der Waals surface area contributed by atoms with Crippen molar-refractivity contribution in [2.24, 2.45) is 0 Å². The number of rotatable bonds is 6. The van der Waals surface area contributed by atoms with E-state index in [1.807, 2.05) is 0 Å². The quantitative estimate of drug-likeness (QED) is 0.869. The zero-order valence-electron chi connectivity index (χ0n) is 11.8. The van der Waals surface area contributed by atoms with E-state index in [0.29, 0.717) is 5.76 Å². The minimum Gasteiger partial charge on any atom is -0.467 e. The summed E-state index contributed by atoms with van der Waals surface area (Å²) >= 11 is 0. The Morgan fingerprint density at radius 2 is 2.09 bits per heavy atom. The highest BCUT2D eigenvalue weighted by atomic mass is 32.2. The molecule has 2 rings (SSSR count). The second-order valence-corrected chi connectivity index (χ2v) is 6.62. The van der Waals surface area contributed by atoms with E-state index in [0.717, 1.165) is 16.4 Å². The first kappa shape index (κ1) is 16.2. The Bertz CT molecular complexity index is 744. The fourth-order valence-electron chi connectivity index (χ4n) is 1.75. The summed E-state index contributed by atoms with van der Waals surface area (Å²) in [5.74, 6) is -0.584. The van der Waals surface area contributed by atoms with Crippen LogP contribution in [0.1, 0.15) is 5.76 Å². The van der Waals surface area contributed by atoms with Crippen LogP contribution < -0.4 is 5.32 Å². The number of amides is 1. The SMILES string of the molecule is CN(CC(=O)NCc1ccco1)S(=O)(=O)c1cccc(F)c1. The minimum absolute atomic E-state index is 0.166. The Labute approximate surface area is 127 Å². The Hall–Kier alpha value is -2.19. The lowest BCUT2D eigenvalue weighted by molar-refractivity contribution is -0.121. The van der Waals surface area contributed by atoms with Gasteiger partial charge in [-0.1, -0.05) is 6.07 Å². The molecule has 0 fully saturated rings. The molecule has 2 aromatic rings. The number of furan rings is 1. The van der Waals surface area contributed by atoms with Crippen molar-refractivity contribution < 1.29 is 22.0 Å². The molecule has 8 heteroatoms. The summed E-state index contributed by atoms with van der Waals surface area (Å²) in [4.78, 5) is 11.6. The summed E-state index contributed by atoms with van der Waals surface area (Å²) in [5, 5.41) is 2.54. The second kappa shape index (κ2) is 6.71. The van der Waals surface area contributed by atoms with E-state index in [9.17, 15) is 17.6 Å². The summed E-state index contributed by atoms with van der Waals surface area (Å²) in [7, 11) is -2.66. The van der Waals surface area contributed by atoms with Crippen molar-refractivity contribution in [2.45, 2.75) is 11.4 Å². The topological polar surface area (TPSA) is 79.6 Å². The number of nitrogens with one attached hydrogen (secondary N) is 1. The molecule has 1 heterocycles. The molecule has 1 aromatic heterocycles. The van der Waals surface area contributed by atoms with E-state index in [1.165, 1.54) is 25.4 Å². The van der Waals surface area contributed by atoms with Crippen LogP contribution >= 0.6 is 0 Å². The van der Waals surface area contributed by atoms with Gasteiger partial charge in [0, 0.05) is 7.05 Å². The third kappa shape index (κ3) is 3.92. The van der Waals surface area contributed by atoms with Gasteiger partial charge in [0.2, 0.25) is 15.9 Å². The van der Waals surface area contributed by atoms with Crippen molar-refractivity contribution in [3.63, 3.8) is 0 Å². The highest BCUT2D eigenvalue weighted by Gasteiger charge is 2.23. The number of carbonyl (C=O) groups is 1. The molecule has 0 aliphatic carbocycles. The van der Waals surface area contributed by atoms with Crippen LogP contribution in [0.2, 0.25) is 0 Å². The number of hydrogen-bond donors (Lipinski definition) is 1. The predicted octanol–water partition coefficient (Wildman–Crippen LogP) is 1.36. The Morgan fingerprint density at radius 3 is 2.73 bits per heavy atom.